The molecule has 0 aliphatic carbocycles. The average Bonchev–Trinajstić information content (AvgIpc) is 2.94. The number of nitrogens with zero attached hydrogens (tertiary/aromatic N) is 1. The van der Waals surface area contributed by atoms with E-state index in [1.165, 1.54) is 24.3 Å². The van der Waals surface area contributed by atoms with Gasteiger partial charge in [-0.15, -0.1) is 0 Å². The molecule has 1 heterocycles. The molecule has 0 aliphatic heterocycles. The Bertz CT molecular complexity index is 943. The zero-order valence-corrected chi connectivity index (χ0v) is 16.7. The van der Waals surface area contributed by atoms with Gasteiger partial charge >= 0.3 is 29.6 Å². The number of benzene rings is 2. The third kappa shape index (κ3) is 4.93. The Hall–Kier alpha value is -1.64. The van der Waals surface area contributed by atoms with Crippen LogP contribution in [0.3, 0.4) is 0 Å². The fourth-order valence-electron chi connectivity index (χ4n) is 2.13. The molecule has 25 heavy (non-hydrogen) atoms. The van der Waals surface area contributed by atoms with E-state index in [0.717, 1.165) is 5.56 Å². The Balaban J connectivity index is 0.00000169. The van der Waals surface area contributed by atoms with E-state index >= 15 is 0 Å². The number of hydrogen-bond acceptors (Lipinski definition) is 5. The first kappa shape index (κ1) is 19.7. The summed E-state index contributed by atoms with van der Waals surface area (Å²) in [4.78, 5) is 4.24. The third-order valence-corrected chi connectivity index (χ3v) is 4.28. The minimum absolute atomic E-state index is 0. The van der Waals surface area contributed by atoms with Gasteiger partial charge in [-0.1, -0.05) is 18.2 Å². The normalized spacial score (nSPS) is 11.0. The van der Waals surface area contributed by atoms with Gasteiger partial charge in [0.15, 0.2) is 0 Å². The van der Waals surface area contributed by atoms with Crippen molar-refractivity contribution in [3.8, 4) is 17.2 Å². The average molecular weight is 369 g/mol. The van der Waals surface area contributed by atoms with E-state index in [-0.39, 0.29) is 42.5 Å². The van der Waals surface area contributed by atoms with E-state index in [1.54, 1.807) is 6.92 Å². The number of aromatic nitrogens is 1. The predicted molar refractivity (Wildman–Crippen MR) is 88.4 cm³/mol. The molecule has 8 heteroatoms. The van der Waals surface area contributed by atoms with Gasteiger partial charge in [0.1, 0.15) is 23.8 Å². The molecule has 3 aromatic rings. The Morgan fingerprint density at radius 1 is 1.12 bits per heavy atom. The summed E-state index contributed by atoms with van der Waals surface area (Å²) >= 11 is 0. The van der Waals surface area contributed by atoms with Crippen LogP contribution in [-0.2, 0) is 16.7 Å². The SMILES string of the molecule is Cc1oc(-c2ccccc2)nc1COc1ccc(S(=O)(=O)O)cc1.[H-].[Na+]. The molecule has 0 unspecified atom stereocenters. The molecule has 0 bridgehead atoms. The Morgan fingerprint density at radius 2 is 1.76 bits per heavy atom. The third-order valence-electron chi connectivity index (χ3n) is 3.41. The topological polar surface area (TPSA) is 89.6 Å². The van der Waals surface area contributed by atoms with Gasteiger partial charge in [0.2, 0.25) is 5.89 Å². The van der Waals surface area contributed by atoms with Crippen molar-refractivity contribution in [2.24, 2.45) is 0 Å². The van der Waals surface area contributed by atoms with Crippen molar-refractivity contribution in [3.05, 3.63) is 66.1 Å². The summed E-state index contributed by atoms with van der Waals surface area (Å²) in [6.07, 6.45) is 0. The zero-order chi connectivity index (χ0) is 17.2. The molecule has 3 rings (SSSR count). The van der Waals surface area contributed by atoms with Gasteiger partial charge in [0, 0.05) is 5.56 Å². The standard InChI is InChI=1S/C17H15NO5S.Na.H/c1-12-16(18-17(23-12)13-5-3-2-4-6-13)11-22-14-7-9-15(10-8-14)24(19,20)21;;/h2-10H,11H2,1H3,(H,19,20,21);;/q;+1;-1. The van der Waals surface area contributed by atoms with Crippen molar-refractivity contribution in [1.29, 1.82) is 0 Å². The van der Waals surface area contributed by atoms with Crippen LogP contribution in [0.1, 0.15) is 12.9 Å². The predicted octanol–water partition coefficient (Wildman–Crippen LogP) is 0.592. The molecule has 126 valence electrons. The van der Waals surface area contributed by atoms with Crippen LogP contribution in [0, 0.1) is 6.92 Å². The second-order valence-corrected chi connectivity index (χ2v) is 6.54. The van der Waals surface area contributed by atoms with E-state index < -0.39 is 10.1 Å². The van der Waals surface area contributed by atoms with E-state index in [2.05, 4.69) is 4.98 Å². The molecule has 2 aromatic carbocycles. The van der Waals surface area contributed by atoms with Gasteiger partial charge < -0.3 is 10.6 Å². The second-order valence-electron chi connectivity index (χ2n) is 5.12. The molecule has 0 atom stereocenters. The van der Waals surface area contributed by atoms with Crippen LogP contribution in [0.4, 0.5) is 0 Å². The molecule has 0 fully saturated rings. The number of hydrogen-bond donors (Lipinski definition) is 1. The summed E-state index contributed by atoms with van der Waals surface area (Å²) < 4.78 is 42.2. The first-order chi connectivity index (χ1) is 11.4. The van der Waals surface area contributed by atoms with E-state index in [9.17, 15) is 8.42 Å². The van der Waals surface area contributed by atoms with Crippen LogP contribution in [0.2, 0.25) is 0 Å². The smallest absolute Gasteiger partial charge is 1.00 e. The molecule has 6 nitrogen and oxygen atoms in total. The summed E-state index contributed by atoms with van der Waals surface area (Å²) in [6.45, 7) is 1.99. The van der Waals surface area contributed by atoms with Gasteiger partial charge in [0.05, 0.1) is 4.90 Å². The minimum Gasteiger partial charge on any atom is -1.00 e. The monoisotopic (exact) mass is 369 g/mol. The fraction of sp³-hybridized carbons (Fsp3) is 0.118. The fourth-order valence-corrected chi connectivity index (χ4v) is 2.61. The van der Waals surface area contributed by atoms with Crippen LogP contribution in [0.25, 0.3) is 11.5 Å². The van der Waals surface area contributed by atoms with E-state index in [0.29, 0.717) is 23.1 Å². The van der Waals surface area contributed by atoms with Gasteiger partial charge in [-0.05, 0) is 43.3 Å². The number of rotatable bonds is 5. The summed E-state index contributed by atoms with van der Waals surface area (Å²) in [5, 5.41) is 0. The molecule has 1 N–H and O–H groups in total. The number of ether oxygens (including phenoxy) is 1. The maximum Gasteiger partial charge on any atom is 1.00 e. The zero-order valence-electron chi connectivity index (χ0n) is 14.8. The number of aryl methyl sites for hydroxylation is 1. The maximum absolute atomic E-state index is 11.0. The summed E-state index contributed by atoms with van der Waals surface area (Å²) in [7, 11) is -4.20. The van der Waals surface area contributed by atoms with Crippen LogP contribution >= 0.6 is 0 Å². The molecule has 0 saturated heterocycles. The molecular weight excluding hydrogens is 353 g/mol. The van der Waals surface area contributed by atoms with Crippen LogP contribution < -0.4 is 34.3 Å². The van der Waals surface area contributed by atoms with Gasteiger partial charge in [-0.2, -0.15) is 8.42 Å². The molecule has 0 spiro atoms. The van der Waals surface area contributed by atoms with Crippen LogP contribution in [0.5, 0.6) is 5.75 Å². The molecule has 0 amide bonds. The van der Waals surface area contributed by atoms with Gasteiger partial charge in [-0.25, -0.2) is 4.98 Å². The van der Waals surface area contributed by atoms with Crippen molar-refractivity contribution in [2.75, 3.05) is 0 Å². The Kier molecular flexibility index (Phi) is 6.42. The summed E-state index contributed by atoms with van der Waals surface area (Å²) in [5.74, 6) is 1.64. The maximum atomic E-state index is 11.0. The largest absolute Gasteiger partial charge is 1.00 e. The first-order valence-corrected chi connectivity index (χ1v) is 8.59. The second kappa shape index (κ2) is 8.16. The van der Waals surface area contributed by atoms with E-state index in [1.807, 2.05) is 30.3 Å². The number of oxazole rings is 1. The summed E-state index contributed by atoms with van der Waals surface area (Å²) in [5.41, 5.74) is 1.54. The Morgan fingerprint density at radius 3 is 2.36 bits per heavy atom. The van der Waals surface area contributed by atoms with Crippen molar-refractivity contribution >= 4 is 10.1 Å². The van der Waals surface area contributed by atoms with Gasteiger partial charge in [-0.3, -0.25) is 4.55 Å². The first-order valence-electron chi connectivity index (χ1n) is 7.15. The molecule has 0 aliphatic rings. The minimum atomic E-state index is -4.20. The van der Waals surface area contributed by atoms with Crippen molar-refractivity contribution in [2.45, 2.75) is 18.4 Å². The van der Waals surface area contributed by atoms with Crippen LogP contribution in [0.15, 0.2) is 63.9 Å². The van der Waals surface area contributed by atoms with Gasteiger partial charge in [0.25, 0.3) is 10.1 Å². The van der Waals surface area contributed by atoms with Crippen molar-refractivity contribution in [1.82, 2.24) is 4.98 Å². The van der Waals surface area contributed by atoms with E-state index in [4.69, 9.17) is 13.7 Å². The molecular formula is C17H16NNaO5S. The summed E-state index contributed by atoms with van der Waals surface area (Å²) in [6, 6.07) is 15.0. The molecule has 0 radical (unpaired) electrons. The Labute approximate surface area is 169 Å². The quantitative estimate of drug-likeness (QED) is 0.523. The van der Waals surface area contributed by atoms with Crippen LogP contribution in [-0.4, -0.2) is 18.0 Å². The van der Waals surface area contributed by atoms with Crippen molar-refractivity contribution < 1.29 is 53.1 Å². The molecule has 1 aromatic heterocycles. The van der Waals surface area contributed by atoms with Crippen molar-refractivity contribution in [3.63, 3.8) is 0 Å². The molecule has 0 saturated carbocycles.